The summed E-state index contributed by atoms with van der Waals surface area (Å²) in [6.07, 6.45) is -0.0629. The number of hydrogen-bond donors (Lipinski definition) is 0. The molecule has 0 unspecified atom stereocenters. The smallest absolute Gasteiger partial charge is 0.197 e. The molecule has 3 rings (SSSR count). The second-order valence-electron chi connectivity index (χ2n) is 7.89. The van der Waals surface area contributed by atoms with Gasteiger partial charge in [-0.15, -0.1) is 0 Å². The molecular formula is C24H27BrO5. The largest absolute Gasteiger partial charge is 0.491 e. The van der Waals surface area contributed by atoms with E-state index in [2.05, 4.69) is 15.9 Å². The summed E-state index contributed by atoms with van der Waals surface area (Å²) in [6.45, 7) is 11.6. The molecule has 0 fully saturated rings. The highest BCUT2D eigenvalue weighted by Gasteiger charge is 2.20. The molecule has 0 saturated carbocycles. The van der Waals surface area contributed by atoms with Crippen LogP contribution >= 0.6 is 15.9 Å². The molecule has 0 aliphatic rings. The molecule has 30 heavy (non-hydrogen) atoms. The van der Waals surface area contributed by atoms with Gasteiger partial charge in [0.25, 0.3) is 0 Å². The molecule has 0 atom stereocenters. The van der Waals surface area contributed by atoms with Crippen LogP contribution in [-0.4, -0.2) is 18.3 Å². The van der Waals surface area contributed by atoms with Crippen LogP contribution in [0.1, 0.15) is 41.5 Å². The van der Waals surface area contributed by atoms with Gasteiger partial charge in [-0.05, 0) is 81.7 Å². The molecule has 0 N–H and O–H groups in total. The van der Waals surface area contributed by atoms with Crippen molar-refractivity contribution in [2.45, 2.75) is 59.9 Å². The minimum atomic E-state index is -0.179. The predicted octanol–water partition coefficient (Wildman–Crippen LogP) is 6.58. The van der Waals surface area contributed by atoms with Gasteiger partial charge in [0, 0.05) is 17.7 Å². The van der Waals surface area contributed by atoms with Crippen molar-refractivity contribution < 1.29 is 18.6 Å². The Morgan fingerprint density at radius 1 is 0.800 bits per heavy atom. The molecule has 0 saturated heterocycles. The summed E-state index contributed by atoms with van der Waals surface area (Å²) in [5.41, 5.74) is 0.994. The maximum Gasteiger partial charge on any atom is 0.197 e. The summed E-state index contributed by atoms with van der Waals surface area (Å²) in [4.78, 5) is 13.0. The van der Waals surface area contributed by atoms with E-state index >= 15 is 0 Å². The molecule has 2 aromatic carbocycles. The van der Waals surface area contributed by atoms with Gasteiger partial charge in [0.15, 0.2) is 11.0 Å². The maximum atomic E-state index is 13.0. The lowest BCUT2D eigenvalue weighted by Gasteiger charge is -2.17. The molecule has 0 bridgehead atoms. The van der Waals surface area contributed by atoms with Crippen molar-refractivity contribution in [2.24, 2.45) is 0 Å². The molecular weight excluding hydrogens is 448 g/mol. The van der Waals surface area contributed by atoms with Gasteiger partial charge in [-0.1, -0.05) is 0 Å². The van der Waals surface area contributed by atoms with E-state index in [1.165, 1.54) is 6.07 Å². The van der Waals surface area contributed by atoms with E-state index in [-0.39, 0.29) is 23.7 Å². The number of hydrogen-bond acceptors (Lipinski definition) is 5. The molecule has 1 heterocycles. The van der Waals surface area contributed by atoms with Gasteiger partial charge in [-0.2, -0.15) is 0 Å². The normalized spacial score (nSPS) is 11.5. The Morgan fingerprint density at radius 2 is 1.37 bits per heavy atom. The first kappa shape index (κ1) is 22.2. The van der Waals surface area contributed by atoms with Crippen LogP contribution in [0.25, 0.3) is 22.3 Å². The quantitative estimate of drug-likeness (QED) is 0.386. The van der Waals surface area contributed by atoms with Gasteiger partial charge in [-0.3, -0.25) is 4.79 Å². The monoisotopic (exact) mass is 474 g/mol. The zero-order valence-corrected chi connectivity index (χ0v) is 19.7. The highest BCUT2D eigenvalue weighted by Crippen LogP contribution is 2.40. The summed E-state index contributed by atoms with van der Waals surface area (Å²) in [7, 11) is 0. The maximum absolute atomic E-state index is 13.0. The third-order valence-corrected chi connectivity index (χ3v) is 4.86. The van der Waals surface area contributed by atoms with Crippen molar-refractivity contribution >= 4 is 26.9 Å². The average Bonchev–Trinajstić information content (AvgIpc) is 2.64. The number of fused-ring (bicyclic) bond motifs is 1. The molecule has 0 aliphatic carbocycles. The minimum absolute atomic E-state index is 0.0472. The Kier molecular flexibility index (Phi) is 6.76. The van der Waals surface area contributed by atoms with Gasteiger partial charge in [0.1, 0.15) is 32.9 Å². The second kappa shape index (κ2) is 9.13. The highest BCUT2D eigenvalue weighted by atomic mass is 79.9. The van der Waals surface area contributed by atoms with Crippen LogP contribution < -0.4 is 19.6 Å². The summed E-state index contributed by atoms with van der Waals surface area (Å²) in [6, 6.07) is 10.7. The van der Waals surface area contributed by atoms with E-state index in [0.717, 1.165) is 11.3 Å². The molecule has 0 spiro atoms. The van der Waals surface area contributed by atoms with Crippen LogP contribution in [-0.2, 0) is 0 Å². The Labute approximate surface area is 185 Å². The summed E-state index contributed by atoms with van der Waals surface area (Å²) >= 11 is 3.56. The van der Waals surface area contributed by atoms with Crippen molar-refractivity contribution in [3.05, 3.63) is 51.1 Å². The van der Waals surface area contributed by atoms with Crippen LogP contribution in [0, 0.1) is 0 Å². The fraction of sp³-hybridized carbons (Fsp3) is 0.375. The molecule has 5 nitrogen and oxygen atoms in total. The Hall–Kier alpha value is -2.47. The van der Waals surface area contributed by atoms with E-state index in [4.69, 9.17) is 18.6 Å². The number of rotatable bonds is 7. The van der Waals surface area contributed by atoms with Gasteiger partial charge in [-0.25, -0.2) is 0 Å². The second-order valence-corrected chi connectivity index (χ2v) is 8.68. The third kappa shape index (κ3) is 4.98. The molecule has 0 radical (unpaired) electrons. The van der Waals surface area contributed by atoms with Crippen LogP contribution in [0.2, 0.25) is 0 Å². The van der Waals surface area contributed by atoms with Crippen LogP contribution in [0.5, 0.6) is 17.2 Å². The van der Waals surface area contributed by atoms with Crippen LogP contribution in [0.3, 0.4) is 0 Å². The first-order valence-corrected chi connectivity index (χ1v) is 10.9. The summed E-state index contributed by atoms with van der Waals surface area (Å²) in [5, 5.41) is 0.384. The average molecular weight is 475 g/mol. The van der Waals surface area contributed by atoms with Crippen LogP contribution in [0.15, 0.2) is 50.1 Å². The van der Waals surface area contributed by atoms with Crippen LogP contribution in [0.4, 0.5) is 0 Å². The molecule has 0 aliphatic heterocycles. The van der Waals surface area contributed by atoms with E-state index in [1.54, 1.807) is 6.07 Å². The molecule has 1 aromatic heterocycles. The molecule has 0 amide bonds. The Bertz CT molecular complexity index is 1080. The Morgan fingerprint density at radius 3 is 1.93 bits per heavy atom. The first-order valence-electron chi connectivity index (χ1n) is 10.1. The van der Waals surface area contributed by atoms with Gasteiger partial charge < -0.3 is 18.6 Å². The number of halogens is 1. The predicted molar refractivity (Wildman–Crippen MR) is 123 cm³/mol. The first-order chi connectivity index (χ1) is 14.2. The van der Waals surface area contributed by atoms with Crippen molar-refractivity contribution in [2.75, 3.05) is 0 Å². The zero-order valence-electron chi connectivity index (χ0n) is 18.1. The zero-order chi connectivity index (χ0) is 22.0. The van der Waals surface area contributed by atoms with Gasteiger partial charge in [0.2, 0.25) is 0 Å². The number of benzene rings is 2. The van der Waals surface area contributed by atoms with E-state index in [0.29, 0.717) is 32.7 Å². The van der Waals surface area contributed by atoms with Gasteiger partial charge >= 0.3 is 0 Å². The van der Waals surface area contributed by atoms with Crippen molar-refractivity contribution in [3.63, 3.8) is 0 Å². The third-order valence-electron chi connectivity index (χ3n) is 4.11. The standard InChI is InChI=1S/C24H27BrO5/c1-13(2)27-17-9-7-16(8-10-17)19-11-18(26)22-20(28-14(3)4)12-21(29-15(5)6)23(25)24(22)30-19/h7-15H,1-6H3. The lowest BCUT2D eigenvalue weighted by Crippen LogP contribution is -2.12. The Balaban J connectivity index is 2.17. The SMILES string of the molecule is CC(C)Oc1ccc(-c2cc(=O)c3c(OC(C)C)cc(OC(C)C)c(Br)c3o2)cc1. The number of ether oxygens (including phenoxy) is 3. The van der Waals surface area contributed by atoms with Gasteiger partial charge in [0.05, 0.1) is 18.3 Å². The molecule has 3 aromatic rings. The van der Waals surface area contributed by atoms with E-state index in [1.807, 2.05) is 65.8 Å². The summed E-state index contributed by atoms with van der Waals surface area (Å²) < 4.78 is 24.3. The molecule has 6 heteroatoms. The minimum Gasteiger partial charge on any atom is -0.491 e. The fourth-order valence-electron chi connectivity index (χ4n) is 3.05. The highest BCUT2D eigenvalue weighted by molar-refractivity contribution is 9.10. The van der Waals surface area contributed by atoms with Crippen molar-refractivity contribution in [1.29, 1.82) is 0 Å². The lowest BCUT2D eigenvalue weighted by molar-refractivity contribution is 0.229. The topological polar surface area (TPSA) is 57.9 Å². The lowest BCUT2D eigenvalue weighted by atomic mass is 10.1. The van der Waals surface area contributed by atoms with E-state index < -0.39 is 0 Å². The molecule has 160 valence electrons. The van der Waals surface area contributed by atoms with Crippen molar-refractivity contribution in [1.82, 2.24) is 0 Å². The summed E-state index contributed by atoms with van der Waals surface area (Å²) in [5.74, 6) is 2.23. The van der Waals surface area contributed by atoms with E-state index in [9.17, 15) is 4.79 Å². The van der Waals surface area contributed by atoms with Crippen molar-refractivity contribution in [3.8, 4) is 28.6 Å². The fourth-order valence-corrected chi connectivity index (χ4v) is 3.53.